The van der Waals surface area contributed by atoms with Crippen molar-refractivity contribution in [1.82, 2.24) is 4.90 Å². The third-order valence-electron chi connectivity index (χ3n) is 3.56. The number of nitrogens with zero attached hydrogens (tertiary/aromatic N) is 1. The maximum atomic E-state index is 5.91. The Bertz CT molecular complexity index is 498. The molecular formula is C14H18N2O. The van der Waals surface area contributed by atoms with E-state index in [0.717, 1.165) is 38.1 Å². The lowest BCUT2D eigenvalue weighted by Gasteiger charge is -2.30. The summed E-state index contributed by atoms with van der Waals surface area (Å²) in [5.74, 6) is 0. The maximum absolute atomic E-state index is 5.91. The molecule has 0 aliphatic carbocycles. The molecule has 17 heavy (non-hydrogen) atoms. The van der Waals surface area contributed by atoms with Gasteiger partial charge in [-0.3, -0.25) is 4.90 Å². The molecule has 0 unspecified atom stereocenters. The van der Waals surface area contributed by atoms with Gasteiger partial charge in [0.2, 0.25) is 0 Å². The number of fused-ring (bicyclic) bond motifs is 1. The fourth-order valence-corrected chi connectivity index (χ4v) is 2.48. The van der Waals surface area contributed by atoms with Gasteiger partial charge in [-0.15, -0.1) is 0 Å². The molecule has 0 saturated carbocycles. The van der Waals surface area contributed by atoms with Crippen LogP contribution in [0, 0.1) is 0 Å². The molecule has 0 radical (unpaired) electrons. The number of furan rings is 1. The summed E-state index contributed by atoms with van der Waals surface area (Å²) in [5.41, 5.74) is 8.23. The lowest BCUT2D eigenvalue weighted by molar-refractivity contribution is 0.206. The minimum absolute atomic E-state index is 0.405. The van der Waals surface area contributed by atoms with E-state index in [4.69, 9.17) is 10.2 Å². The number of rotatable bonds is 2. The molecule has 2 heterocycles. The molecular weight excluding hydrogens is 212 g/mol. The predicted molar refractivity (Wildman–Crippen MR) is 68.7 cm³/mol. The van der Waals surface area contributed by atoms with Gasteiger partial charge >= 0.3 is 0 Å². The molecule has 3 rings (SSSR count). The van der Waals surface area contributed by atoms with Crippen LogP contribution in [0.5, 0.6) is 0 Å². The van der Waals surface area contributed by atoms with Gasteiger partial charge in [-0.25, -0.2) is 0 Å². The molecule has 3 nitrogen and oxygen atoms in total. The predicted octanol–water partition coefficient (Wildman–Crippen LogP) is 2.36. The minimum Gasteiger partial charge on any atom is -0.464 e. The SMILES string of the molecule is NC1CCN(Cc2ccc3occc3c2)CC1. The van der Waals surface area contributed by atoms with Crippen molar-refractivity contribution < 1.29 is 4.42 Å². The second kappa shape index (κ2) is 4.51. The van der Waals surface area contributed by atoms with Crippen LogP contribution in [0.3, 0.4) is 0 Å². The summed E-state index contributed by atoms with van der Waals surface area (Å²) in [7, 11) is 0. The van der Waals surface area contributed by atoms with Gasteiger partial charge in [-0.05, 0) is 49.7 Å². The van der Waals surface area contributed by atoms with Crippen LogP contribution in [-0.2, 0) is 6.54 Å². The molecule has 0 atom stereocenters. The van der Waals surface area contributed by atoms with Gasteiger partial charge in [-0.1, -0.05) is 6.07 Å². The molecule has 0 bridgehead atoms. The molecule has 1 fully saturated rings. The van der Waals surface area contributed by atoms with E-state index in [-0.39, 0.29) is 0 Å². The summed E-state index contributed by atoms with van der Waals surface area (Å²) in [4.78, 5) is 2.48. The Morgan fingerprint density at radius 1 is 1.24 bits per heavy atom. The van der Waals surface area contributed by atoms with Crippen LogP contribution in [-0.4, -0.2) is 24.0 Å². The molecule has 1 aliphatic rings. The number of nitrogens with two attached hydrogens (primary N) is 1. The molecule has 0 amide bonds. The van der Waals surface area contributed by atoms with Gasteiger partial charge in [0.05, 0.1) is 6.26 Å². The Labute approximate surface area is 101 Å². The zero-order valence-electron chi connectivity index (χ0n) is 9.93. The number of piperidine rings is 1. The number of benzene rings is 1. The molecule has 2 aromatic rings. The van der Waals surface area contributed by atoms with Crippen molar-refractivity contribution in [1.29, 1.82) is 0 Å². The largest absolute Gasteiger partial charge is 0.464 e. The first-order chi connectivity index (χ1) is 8.31. The van der Waals surface area contributed by atoms with Crippen LogP contribution in [0.2, 0.25) is 0 Å². The summed E-state index contributed by atoms with van der Waals surface area (Å²) >= 11 is 0. The number of likely N-dealkylation sites (tertiary alicyclic amines) is 1. The Hall–Kier alpha value is -1.32. The van der Waals surface area contributed by atoms with Crippen LogP contribution >= 0.6 is 0 Å². The fraction of sp³-hybridized carbons (Fsp3) is 0.429. The second-order valence-corrected chi connectivity index (χ2v) is 4.91. The average Bonchev–Trinajstić information content (AvgIpc) is 2.79. The van der Waals surface area contributed by atoms with Gasteiger partial charge in [0.15, 0.2) is 0 Å². The monoisotopic (exact) mass is 230 g/mol. The number of hydrogen-bond acceptors (Lipinski definition) is 3. The van der Waals surface area contributed by atoms with Crippen molar-refractivity contribution in [3.05, 3.63) is 36.1 Å². The van der Waals surface area contributed by atoms with Crippen molar-refractivity contribution in [2.45, 2.75) is 25.4 Å². The van der Waals surface area contributed by atoms with E-state index in [9.17, 15) is 0 Å². The zero-order chi connectivity index (χ0) is 11.7. The van der Waals surface area contributed by atoms with E-state index in [1.165, 1.54) is 10.9 Å². The molecule has 1 saturated heterocycles. The van der Waals surface area contributed by atoms with Crippen molar-refractivity contribution in [2.75, 3.05) is 13.1 Å². The minimum atomic E-state index is 0.405. The van der Waals surface area contributed by atoms with E-state index >= 15 is 0 Å². The Morgan fingerprint density at radius 3 is 2.88 bits per heavy atom. The summed E-state index contributed by atoms with van der Waals surface area (Å²) in [6, 6.07) is 8.85. The van der Waals surface area contributed by atoms with E-state index in [0.29, 0.717) is 6.04 Å². The summed E-state index contributed by atoms with van der Waals surface area (Å²) in [6.07, 6.45) is 3.98. The normalized spacial score (nSPS) is 18.9. The maximum Gasteiger partial charge on any atom is 0.133 e. The van der Waals surface area contributed by atoms with Crippen molar-refractivity contribution >= 4 is 11.0 Å². The Morgan fingerprint density at radius 2 is 2.06 bits per heavy atom. The van der Waals surface area contributed by atoms with Crippen LogP contribution in [0.25, 0.3) is 11.0 Å². The summed E-state index contributed by atoms with van der Waals surface area (Å²) in [6.45, 7) is 3.25. The van der Waals surface area contributed by atoms with Crippen molar-refractivity contribution in [2.24, 2.45) is 5.73 Å². The zero-order valence-corrected chi connectivity index (χ0v) is 9.93. The third-order valence-corrected chi connectivity index (χ3v) is 3.56. The molecule has 3 heteroatoms. The quantitative estimate of drug-likeness (QED) is 0.861. The van der Waals surface area contributed by atoms with Gasteiger partial charge in [0, 0.05) is 18.0 Å². The highest BCUT2D eigenvalue weighted by Gasteiger charge is 2.15. The fourth-order valence-electron chi connectivity index (χ4n) is 2.48. The van der Waals surface area contributed by atoms with Crippen LogP contribution < -0.4 is 5.73 Å². The van der Waals surface area contributed by atoms with Crippen LogP contribution in [0.1, 0.15) is 18.4 Å². The molecule has 1 aromatic heterocycles. The highest BCUT2D eigenvalue weighted by molar-refractivity contribution is 5.77. The lowest BCUT2D eigenvalue weighted by atomic mass is 10.0. The van der Waals surface area contributed by atoms with E-state index in [2.05, 4.69) is 23.1 Å². The first kappa shape index (κ1) is 10.8. The molecule has 0 spiro atoms. The standard InChI is InChI=1S/C14H18N2O/c15-13-3-6-16(7-4-13)10-11-1-2-14-12(9-11)5-8-17-14/h1-2,5,8-9,13H,3-4,6-7,10,15H2. The second-order valence-electron chi connectivity index (χ2n) is 4.91. The van der Waals surface area contributed by atoms with Gasteiger partial charge < -0.3 is 10.2 Å². The van der Waals surface area contributed by atoms with Crippen molar-refractivity contribution in [3.8, 4) is 0 Å². The summed E-state index contributed by atoms with van der Waals surface area (Å²) in [5, 5.41) is 1.19. The average molecular weight is 230 g/mol. The summed E-state index contributed by atoms with van der Waals surface area (Å²) < 4.78 is 5.35. The van der Waals surface area contributed by atoms with Crippen LogP contribution in [0.4, 0.5) is 0 Å². The highest BCUT2D eigenvalue weighted by atomic mass is 16.3. The first-order valence-corrected chi connectivity index (χ1v) is 6.25. The van der Waals surface area contributed by atoms with Gasteiger partial charge in [0.25, 0.3) is 0 Å². The van der Waals surface area contributed by atoms with Gasteiger partial charge in [0.1, 0.15) is 5.58 Å². The molecule has 1 aromatic carbocycles. The third kappa shape index (κ3) is 2.35. The smallest absolute Gasteiger partial charge is 0.133 e. The van der Waals surface area contributed by atoms with E-state index in [1.54, 1.807) is 6.26 Å². The van der Waals surface area contributed by atoms with Gasteiger partial charge in [-0.2, -0.15) is 0 Å². The Kier molecular flexibility index (Phi) is 2.87. The Balaban J connectivity index is 1.71. The molecule has 90 valence electrons. The lowest BCUT2D eigenvalue weighted by Crippen LogP contribution is -2.39. The molecule has 1 aliphatic heterocycles. The number of hydrogen-bond donors (Lipinski definition) is 1. The van der Waals surface area contributed by atoms with E-state index in [1.807, 2.05) is 6.07 Å². The highest BCUT2D eigenvalue weighted by Crippen LogP contribution is 2.19. The topological polar surface area (TPSA) is 42.4 Å². The first-order valence-electron chi connectivity index (χ1n) is 6.25. The van der Waals surface area contributed by atoms with E-state index < -0.39 is 0 Å². The van der Waals surface area contributed by atoms with Crippen LogP contribution in [0.15, 0.2) is 34.9 Å². The molecule has 2 N–H and O–H groups in total. The van der Waals surface area contributed by atoms with Crippen molar-refractivity contribution in [3.63, 3.8) is 0 Å².